The summed E-state index contributed by atoms with van der Waals surface area (Å²) in [7, 11) is 1.33. The van der Waals surface area contributed by atoms with Gasteiger partial charge in [0.1, 0.15) is 17.8 Å². The van der Waals surface area contributed by atoms with Crippen LogP contribution in [0.4, 0.5) is 15.9 Å². The Hall–Kier alpha value is -4.00. The van der Waals surface area contributed by atoms with Crippen molar-refractivity contribution in [2.75, 3.05) is 24.3 Å². The van der Waals surface area contributed by atoms with Gasteiger partial charge in [-0.2, -0.15) is 9.43 Å². The zero-order chi connectivity index (χ0) is 24.9. The minimum atomic E-state index is -0.755. The molecule has 0 spiro atoms. The van der Waals surface area contributed by atoms with Gasteiger partial charge in [-0.3, -0.25) is 4.79 Å². The molecular weight excluding hydrogens is 475 g/mol. The number of hydrogen-bond acceptors (Lipinski definition) is 9. The maximum atomic E-state index is 13.6. The predicted molar refractivity (Wildman–Crippen MR) is 130 cm³/mol. The van der Waals surface area contributed by atoms with Crippen LogP contribution in [0.1, 0.15) is 0 Å². The summed E-state index contributed by atoms with van der Waals surface area (Å²) >= 11 is 0.716. The number of aromatic nitrogens is 4. The molecule has 0 aliphatic heterocycles. The first-order chi connectivity index (χ1) is 16.9. The molecule has 2 heterocycles. The SMILES string of the molecule is C=C(SOOC)C(=O)N(CCn1nc(-c2ccc(F)c(O)c2)c2c(N)ncnc21)c1ccccc1. The van der Waals surface area contributed by atoms with Crippen molar-refractivity contribution in [1.82, 2.24) is 19.7 Å². The molecule has 10 nitrogen and oxygen atoms in total. The quantitative estimate of drug-likeness (QED) is 0.154. The van der Waals surface area contributed by atoms with Crippen molar-refractivity contribution in [2.24, 2.45) is 0 Å². The number of rotatable bonds is 9. The number of benzene rings is 2. The van der Waals surface area contributed by atoms with E-state index in [9.17, 15) is 14.3 Å². The molecule has 2 aromatic heterocycles. The number of nitrogens with two attached hydrogens (primary N) is 1. The second-order valence-corrected chi connectivity index (χ2v) is 8.02. The zero-order valence-electron chi connectivity index (χ0n) is 18.6. The molecule has 0 aliphatic carbocycles. The Kier molecular flexibility index (Phi) is 7.25. The maximum Gasteiger partial charge on any atom is 0.266 e. The third-order valence-corrected chi connectivity index (χ3v) is 5.65. The summed E-state index contributed by atoms with van der Waals surface area (Å²) in [6, 6.07) is 12.9. The Labute approximate surface area is 203 Å². The number of halogens is 1. The highest BCUT2D eigenvalue weighted by atomic mass is 32.2. The number of anilines is 2. The lowest BCUT2D eigenvalue weighted by Crippen LogP contribution is -2.34. The summed E-state index contributed by atoms with van der Waals surface area (Å²) in [5.74, 6) is -1.48. The molecule has 0 fully saturated rings. The van der Waals surface area contributed by atoms with Crippen LogP contribution in [0, 0.1) is 5.82 Å². The molecule has 0 aliphatic rings. The van der Waals surface area contributed by atoms with E-state index in [1.165, 1.54) is 30.5 Å². The van der Waals surface area contributed by atoms with E-state index in [4.69, 9.17) is 10.1 Å². The molecule has 1 amide bonds. The van der Waals surface area contributed by atoms with E-state index < -0.39 is 11.6 Å². The smallest absolute Gasteiger partial charge is 0.266 e. The van der Waals surface area contributed by atoms with E-state index in [1.54, 1.807) is 16.8 Å². The number of hydrogen-bond donors (Lipinski definition) is 2. The van der Waals surface area contributed by atoms with Gasteiger partial charge in [0.15, 0.2) is 17.2 Å². The molecule has 0 bridgehead atoms. The average Bonchev–Trinajstić information content (AvgIpc) is 3.24. The Morgan fingerprint density at radius 1 is 1.26 bits per heavy atom. The molecule has 3 N–H and O–H groups in total. The topological polar surface area (TPSA) is 129 Å². The fourth-order valence-electron chi connectivity index (χ4n) is 3.46. The van der Waals surface area contributed by atoms with Crippen LogP contribution in [-0.4, -0.2) is 44.4 Å². The van der Waals surface area contributed by atoms with Crippen molar-refractivity contribution < 1.29 is 23.5 Å². The minimum Gasteiger partial charge on any atom is -0.505 e. The summed E-state index contributed by atoms with van der Waals surface area (Å²) in [4.78, 5) is 27.7. The molecule has 2 aromatic carbocycles. The van der Waals surface area contributed by atoms with Crippen LogP contribution >= 0.6 is 12.0 Å². The van der Waals surface area contributed by atoms with Crippen molar-refractivity contribution in [3.63, 3.8) is 0 Å². The van der Waals surface area contributed by atoms with Crippen LogP contribution in [0.2, 0.25) is 0 Å². The summed E-state index contributed by atoms with van der Waals surface area (Å²) in [6.45, 7) is 4.19. The highest BCUT2D eigenvalue weighted by molar-refractivity contribution is 7.99. The van der Waals surface area contributed by atoms with Gasteiger partial charge in [-0.15, -0.1) is 0 Å². The van der Waals surface area contributed by atoms with Gasteiger partial charge in [0, 0.05) is 17.8 Å². The highest BCUT2D eigenvalue weighted by Gasteiger charge is 2.22. The molecule has 35 heavy (non-hydrogen) atoms. The summed E-state index contributed by atoms with van der Waals surface area (Å²) in [5.41, 5.74) is 7.99. The number of phenolic OH excluding ortho intramolecular Hbond substituents is 1. The number of aromatic hydroxyl groups is 1. The predicted octanol–water partition coefficient (Wildman–Crippen LogP) is 3.69. The van der Waals surface area contributed by atoms with Gasteiger partial charge in [-0.25, -0.2) is 23.9 Å². The first-order valence-corrected chi connectivity index (χ1v) is 11.0. The van der Waals surface area contributed by atoms with Crippen molar-refractivity contribution >= 4 is 40.5 Å². The molecular formula is C23H21FN6O4S. The Balaban J connectivity index is 1.70. The standard InChI is InChI=1S/C23H21FN6O4S/c1-14(35-34-33-2)23(32)29(16-6-4-3-5-7-16)10-11-30-22-19(21(25)26-13-27-22)20(28-30)15-8-9-17(24)18(31)12-15/h3-9,12-13,31H,1,10-11H2,2H3,(H2,25,26,27). The Bertz CT molecular complexity index is 1380. The van der Waals surface area contributed by atoms with Crippen LogP contribution in [0.5, 0.6) is 5.75 Å². The van der Waals surface area contributed by atoms with Crippen molar-refractivity contribution in [2.45, 2.75) is 6.54 Å². The van der Waals surface area contributed by atoms with Gasteiger partial charge in [-0.05, 0) is 30.3 Å². The zero-order valence-corrected chi connectivity index (χ0v) is 19.4. The molecule has 12 heteroatoms. The summed E-state index contributed by atoms with van der Waals surface area (Å²) in [5, 5.41) is 14.9. The number of nitrogen functional groups attached to an aromatic ring is 1. The van der Waals surface area contributed by atoms with Crippen molar-refractivity contribution in [1.29, 1.82) is 0 Å². The third-order valence-electron chi connectivity index (χ3n) is 5.07. The number of para-hydroxylation sites is 1. The average molecular weight is 497 g/mol. The van der Waals surface area contributed by atoms with Gasteiger partial charge in [0.2, 0.25) is 0 Å². The van der Waals surface area contributed by atoms with Crippen molar-refractivity contribution in [3.8, 4) is 17.0 Å². The molecule has 4 aromatic rings. The lowest BCUT2D eigenvalue weighted by molar-refractivity contribution is -0.159. The van der Waals surface area contributed by atoms with Crippen LogP contribution in [0.25, 0.3) is 22.3 Å². The fraction of sp³-hybridized carbons (Fsp3) is 0.130. The minimum absolute atomic E-state index is 0.120. The van der Waals surface area contributed by atoms with Gasteiger partial charge >= 0.3 is 0 Å². The van der Waals surface area contributed by atoms with E-state index in [2.05, 4.69) is 26.5 Å². The number of nitrogens with zero attached hydrogens (tertiary/aromatic N) is 5. The third kappa shape index (κ3) is 5.09. The molecule has 0 unspecified atom stereocenters. The molecule has 0 atom stereocenters. The van der Waals surface area contributed by atoms with Gasteiger partial charge < -0.3 is 15.7 Å². The fourth-order valence-corrected chi connectivity index (χ4v) is 3.79. The maximum absolute atomic E-state index is 13.6. The Morgan fingerprint density at radius 3 is 2.74 bits per heavy atom. The second-order valence-electron chi connectivity index (χ2n) is 7.23. The number of phenols is 1. The molecule has 4 rings (SSSR count). The van der Waals surface area contributed by atoms with Gasteiger partial charge in [0.25, 0.3) is 5.91 Å². The largest absolute Gasteiger partial charge is 0.505 e. The van der Waals surface area contributed by atoms with Gasteiger partial charge in [0.05, 0.1) is 36.0 Å². The van der Waals surface area contributed by atoms with E-state index in [1.807, 2.05) is 18.2 Å². The number of fused-ring (bicyclic) bond motifs is 1. The lowest BCUT2D eigenvalue weighted by atomic mass is 10.1. The first-order valence-electron chi connectivity index (χ1n) is 10.3. The monoisotopic (exact) mass is 496 g/mol. The Morgan fingerprint density at radius 2 is 2.03 bits per heavy atom. The van der Waals surface area contributed by atoms with E-state index in [-0.39, 0.29) is 29.7 Å². The van der Waals surface area contributed by atoms with Crippen molar-refractivity contribution in [3.05, 3.63) is 72.2 Å². The lowest BCUT2D eigenvalue weighted by Gasteiger charge is -2.23. The second kappa shape index (κ2) is 10.5. The number of carbonyl (C=O) groups excluding carboxylic acids is 1. The van der Waals surface area contributed by atoms with Crippen LogP contribution in [-0.2, 0) is 20.6 Å². The first kappa shape index (κ1) is 24.1. The highest BCUT2D eigenvalue weighted by Crippen LogP contribution is 2.32. The number of amides is 1. The van der Waals surface area contributed by atoms with Crippen LogP contribution < -0.4 is 10.6 Å². The molecule has 180 valence electrons. The van der Waals surface area contributed by atoms with E-state index in [0.29, 0.717) is 40.0 Å². The summed E-state index contributed by atoms with van der Waals surface area (Å²) < 4.78 is 20.0. The van der Waals surface area contributed by atoms with Crippen LogP contribution in [0.3, 0.4) is 0 Å². The summed E-state index contributed by atoms with van der Waals surface area (Å²) in [6.07, 6.45) is 1.31. The van der Waals surface area contributed by atoms with E-state index >= 15 is 0 Å². The normalized spacial score (nSPS) is 11.0. The molecule has 0 saturated heterocycles. The molecule has 0 saturated carbocycles. The van der Waals surface area contributed by atoms with E-state index in [0.717, 1.165) is 6.07 Å². The number of carbonyl (C=O) groups is 1. The molecule has 0 radical (unpaired) electrons. The van der Waals surface area contributed by atoms with Gasteiger partial charge in [-0.1, -0.05) is 24.8 Å². The van der Waals surface area contributed by atoms with Crippen LogP contribution in [0.15, 0.2) is 66.3 Å².